The number of aryl methyl sites for hydroxylation is 2. The molecular formula is C22H14S3. The molecule has 0 radical (unpaired) electrons. The molecule has 0 fully saturated rings. The summed E-state index contributed by atoms with van der Waals surface area (Å²) in [4.78, 5) is 0. The minimum Gasteiger partial charge on any atom is -0.135 e. The molecule has 0 aliphatic carbocycles. The third kappa shape index (κ3) is 1.92. The van der Waals surface area contributed by atoms with Gasteiger partial charge in [-0.05, 0) is 49.2 Å². The fraction of sp³-hybridized carbons (Fsp3) is 0.0909. The van der Waals surface area contributed by atoms with Crippen molar-refractivity contribution in [1.82, 2.24) is 0 Å². The van der Waals surface area contributed by atoms with E-state index in [9.17, 15) is 0 Å². The summed E-state index contributed by atoms with van der Waals surface area (Å²) in [6.07, 6.45) is 0. The first-order valence-electron chi connectivity index (χ1n) is 8.36. The van der Waals surface area contributed by atoms with E-state index < -0.39 is 0 Å². The van der Waals surface area contributed by atoms with Crippen LogP contribution in [0.15, 0.2) is 48.5 Å². The molecule has 6 aromatic rings. The maximum absolute atomic E-state index is 2.42. The zero-order chi connectivity index (χ0) is 16.7. The van der Waals surface area contributed by atoms with Gasteiger partial charge in [0, 0.05) is 40.3 Å². The van der Waals surface area contributed by atoms with Gasteiger partial charge in [-0.3, -0.25) is 0 Å². The fourth-order valence-corrected chi connectivity index (χ4v) is 7.73. The molecule has 120 valence electrons. The lowest BCUT2D eigenvalue weighted by Crippen LogP contribution is -1.70. The standard InChI is InChI=1S/C22H14S3/c1-11-3-5-13-15-9-20-16(10-19(15)23-17(13)7-11)22-21(25-20)14-6-4-12(2)8-18(14)24-22/h3-10H,1-2H3. The molecule has 3 aromatic heterocycles. The van der Waals surface area contributed by atoms with E-state index in [0.717, 1.165) is 0 Å². The number of benzene rings is 3. The summed E-state index contributed by atoms with van der Waals surface area (Å²) in [5.41, 5.74) is 2.68. The SMILES string of the molecule is Cc1ccc2c(c1)sc1cc3c(cc12)sc1c2ccc(C)cc2sc31. The smallest absolute Gasteiger partial charge is 0.0542 e. The Morgan fingerprint density at radius 1 is 0.480 bits per heavy atom. The summed E-state index contributed by atoms with van der Waals surface area (Å²) in [5, 5.41) is 5.64. The lowest BCUT2D eigenvalue weighted by atomic mass is 10.1. The fourth-order valence-electron chi connectivity index (χ4n) is 3.74. The van der Waals surface area contributed by atoms with Crippen LogP contribution in [0.5, 0.6) is 0 Å². The van der Waals surface area contributed by atoms with Crippen LogP contribution in [0, 0.1) is 13.8 Å². The van der Waals surface area contributed by atoms with E-state index in [2.05, 4.69) is 62.4 Å². The number of thiophene rings is 3. The minimum atomic E-state index is 1.34. The van der Waals surface area contributed by atoms with E-state index in [0.29, 0.717) is 0 Å². The highest BCUT2D eigenvalue weighted by molar-refractivity contribution is 7.36. The molecule has 3 aromatic carbocycles. The maximum Gasteiger partial charge on any atom is 0.0542 e. The molecule has 0 aliphatic heterocycles. The van der Waals surface area contributed by atoms with Gasteiger partial charge in [0.15, 0.2) is 0 Å². The second kappa shape index (κ2) is 4.82. The molecule has 0 saturated carbocycles. The molecule has 0 bridgehead atoms. The molecule has 3 heterocycles. The first-order valence-corrected chi connectivity index (χ1v) is 10.8. The van der Waals surface area contributed by atoms with Crippen molar-refractivity contribution in [2.45, 2.75) is 13.8 Å². The molecule has 0 unspecified atom stereocenters. The van der Waals surface area contributed by atoms with Gasteiger partial charge in [0.2, 0.25) is 0 Å². The second-order valence-corrected chi connectivity index (χ2v) is 10.00. The van der Waals surface area contributed by atoms with E-state index in [1.165, 1.54) is 60.9 Å². The topological polar surface area (TPSA) is 0 Å². The van der Waals surface area contributed by atoms with Gasteiger partial charge in [0.1, 0.15) is 0 Å². The largest absolute Gasteiger partial charge is 0.135 e. The predicted molar refractivity (Wildman–Crippen MR) is 117 cm³/mol. The molecule has 6 rings (SSSR count). The Bertz CT molecular complexity index is 1410. The van der Waals surface area contributed by atoms with Gasteiger partial charge in [0.25, 0.3) is 0 Å². The van der Waals surface area contributed by atoms with Crippen LogP contribution < -0.4 is 0 Å². The summed E-state index contributed by atoms with van der Waals surface area (Å²) in [6, 6.07) is 18.5. The van der Waals surface area contributed by atoms with Gasteiger partial charge < -0.3 is 0 Å². The first kappa shape index (κ1) is 14.3. The van der Waals surface area contributed by atoms with Gasteiger partial charge >= 0.3 is 0 Å². The Morgan fingerprint density at radius 3 is 1.76 bits per heavy atom. The molecule has 0 atom stereocenters. The third-order valence-electron chi connectivity index (χ3n) is 4.99. The normalized spacial score (nSPS) is 12.4. The number of hydrogen-bond donors (Lipinski definition) is 0. The second-order valence-electron chi connectivity index (χ2n) is 6.81. The van der Waals surface area contributed by atoms with Gasteiger partial charge in [-0.2, -0.15) is 0 Å². The summed E-state index contributed by atoms with van der Waals surface area (Å²) in [5.74, 6) is 0. The third-order valence-corrected chi connectivity index (χ3v) is 8.60. The van der Waals surface area contributed by atoms with Crippen molar-refractivity contribution in [2.75, 3.05) is 0 Å². The summed E-state index contributed by atoms with van der Waals surface area (Å²) >= 11 is 5.81. The summed E-state index contributed by atoms with van der Waals surface area (Å²) < 4.78 is 8.54. The Kier molecular flexibility index (Phi) is 2.75. The van der Waals surface area contributed by atoms with Gasteiger partial charge in [-0.1, -0.05) is 24.3 Å². The van der Waals surface area contributed by atoms with Gasteiger partial charge in [0.05, 0.1) is 9.40 Å². The number of hydrogen-bond acceptors (Lipinski definition) is 3. The van der Waals surface area contributed by atoms with Crippen molar-refractivity contribution < 1.29 is 0 Å². The number of rotatable bonds is 0. The highest BCUT2D eigenvalue weighted by Crippen LogP contribution is 2.47. The predicted octanol–water partition coefficient (Wildman–Crippen LogP) is 8.25. The molecule has 0 saturated heterocycles. The van der Waals surface area contributed by atoms with Crippen LogP contribution in [-0.2, 0) is 0 Å². The van der Waals surface area contributed by atoms with Crippen molar-refractivity contribution in [1.29, 1.82) is 0 Å². The van der Waals surface area contributed by atoms with Crippen LogP contribution >= 0.6 is 34.0 Å². The average Bonchev–Trinajstić information content (AvgIpc) is 3.21. The molecule has 0 aliphatic rings. The summed E-state index contributed by atoms with van der Waals surface area (Å²) in [6.45, 7) is 4.35. The Balaban J connectivity index is 1.78. The quantitative estimate of drug-likeness (QED) is 0.251. The van der Waals surface area contributed by atoms with E-state index in [-0.39, 0.29) is 0 Å². The monoisotopic (exact) mass is 374 g/mol. The molecule has 25 heavy (non-hydrogen) atoms. The Hall–Kier alpha value is -1.94. The van der Waals surface area contributed by atoms with Crippen LogP contribution in [0.1, 0.15) is 11.1 Å². The van der Waals surface area contributed by atoms with Crippen LogP contribution in [0.4, 0.5) is 0 Å². The highest BCUT2D eigenvalue weighted by atomic mass is 32.1. The lowest BCUT2D eigenvalue weighted by Gasteiger charge is -1.95. The molecule has 0 spiro atoms. The Labute approximate surface area is 156 Å². The van der Waals surface area contributed by atoms with E-state index in [1.807, 2.05) is 34.0 Å². The van der Waals surface area contributed by atoms with Crippen molar-refractivity contribution in [3.8, 4) is 0 Å². The zero-order valence-electron chi connectivity index (χ0n) is 13.8. The average molecular weight is 375 g/mol. The van der Waals surface area contributed by atoms with Crippen molar-refractivity contribution in [3.05, 3.63) is 59.7 Å². The van der Waals surface area contributed by atoms with Crippen molar-refractivity contribution in [3.63, 3.8) is 0 Å². The lowest BCUT2D eigenvalue weighted by molar-refractivity contribution is 1.52. The van der Waals surface area contributed by atoms with Crippen molar-refractivity contribution in [2.24, 2.45) is 0 Å². The maximum atomic E-state index is 2.42. The van der Waals surface area contributed by atoms with Crippen LogP contribution in [0.2, 0.25) is 0 Å². The first-order chi connectivity index (χ1) is 12.2. The van der Waals surface area contributed by atoms with E-state index >= 15 is 0 Å². The summed E-state index contributed by atoms with van der Waals surface area (Å²) in [7, 11) is 0. The highest BCUT2D eigenvalue weighted by Gasteiger charge is 2.14. The van der Waals surface area contributed by atoms with E-state index in [4.69, 9.17) is 0 Å². The van der Waals surface area contributed by atoms with Gasteiger partial charge in [-0.25, -0.2) is 0 Å². The van der Waals surface area contributed by atoms with E-state index in [1.54, 1.807) is 0 Å². The van der Waals surface area contributed by atoms with Gasteiger partial charge in [-0.15, -0.1) is 34.0 Å². The van der Waals surface area contributed by atoms with Crippen LogP contribution in [0.25, 0.3) is 49.7 Å². The minimum absolute atomic E-state index is 1.34. The molecule has 3 heteroatoms. The molecule has 0 nitrogen and oxygen atoms in total. The number of fused-ring (bicyclic) bond motifs is 8. The molecular weight excluding hydrogens is 360 g/mol. The molecule has 0 N–H and O–H groups in total. The van der Waals surface area contributed by atoms with Crippen LogP contribution in [0.3, 0.4) is 0 Å². The molecule has 0 amide bonds. The van der Waals surface area contributed by atoms with Crippen molar-refractivity contribution >= 4 is 83.8 Å². The zero-order valence-corrected chi connectivity index (χ0v) is 16.3. The Morgan fingerprint density at radius 2 is 1.00 bits per heavy atom. The van der Waals surface area contributed by atoms with Crippen LogP contribution in [-0.4, -0.2) is 0 Å².